The highest BCUT2D eigenvalue weighted by Gasteiger charge is 2.25. The number of benzene rings is 2. The first-order chi connectivity index (χ1) is 10.1. The maximum Gasteiger partial charge on any atom is 0.206 e. The van der Waals surface area contributed by atoms with Crippen LogP contribution in [0.1, 0.15) is 22.8 Å². The summed E-state index contributed by atoms with van der Waals surface area (Å²) in [6.07, 6.45) is 0.249. The van der Waals surface area contributed by atoms with Crippen LogP contribution in [0, 0.1) is 0 Å². The Morgan fingerprint density at radius 3 is 2.90 bits per heavy atom. The molecule has 1 atom stereocenters. The smallest absolute Gasteiger partial charge is 0.206 e. The molecule has 0 bridgehead atoms. The van der Waals surface area contributed by atoms with Gasteiger partial charge in [0.2, 0.25) is 5.78 Å². The number of halogens is 1. The van der Waals surface area contributed by atoms with Crippen molar-refractivity contribution in [3.05, 3.63) is 58.6 Å². The lowest BCUT2D eigenvalue weighted by atomic mass is 10.0. The molecule has 0 fully saturated rings. The molecule has 0 aromatic heterocycles. The van der Waals surface area contributed by atoms with E-state index in [4.69, 9.17) is 21.1 Å². The quantitative estimate of drug-likeness (QED) is 0.803. The van der Waals surface area contributed by atoms with Crippen LogP contribution in [0.3, 0.4) is 0 Å². The normalized spacial score (nSPS) is 14.2. The van der Waals surface area contributed by atoms with Gasteiger partial charge < -0.3 is 9.47 Å². The number of carbonyl (C=O) groups is 1. The molecule has 21 heavy (non-hydrogen) atoms. The largest absolute Gasteiger partial charge is 0.492 e. The summed E-state index contributed by atoms with van der Waals surface area (Å²) < 4.78 is 11.3. The van der Waals surface area contributed by atoms with Crippen molar-refractivity contribution in [3.8, 4) is 11.5 Å². The van der Waals surface area contributed by atoms with Crippen molar-refractivity contribution in [1.29, 1.82) is 0 Å². The first-order valence-electron chi connectivity index (χ1n) is 6.86. The van der Waals surface area contributed by atoms with Crippen LogP contribution in [-0.2, 0) is 6.42 Å². The average molecular weight is 303 g/mol. The van der Waals surface area contributed by atoms with Gasteiger partial charge in [-0.05, 0) is 36.8 Å². The molecule has 2 aromatic carbocycles. The minimum absolute atomic E-state index is 0.0891. The summed E-state index contributed by atoms with van der Waals surface area (Å²) in [6.45, 7) is 2.36. The molecule has 108 valence electrons. The SMILES string of the molecule is CC(Oc1cccc(Cl)c1)C(=O)c1cccc2c1OCC2. The van der Waals surface area contributed by atoms with Gasteiger partial charge in [0.25, 0.3) is 0 Å². The number of rotatable bonds is 4. The number of hydrogen-bond donors (Lipinski definition) is 0. The Kier molecular flexibility index (Phi) is 3.84. The van der Waals surface area contributed by atoms with Gasteiger partial charge in [0.05, 0.1) is 12.2 Å². The van der Waals surface area contributed by atoms with Gasteiger partial charge in [-0.25, -0.2) is 0 Å². The highest BCUT2D eigenvalue weighted by Crippen LogP contribution is 2.30. The highest BCUT2D eigenvalue weighted by molar-refractivity contribution is 6.30. The van der Waals surface area contributed by atoms with E-state index in [0.717, 1.165) is 12.0 Å². The van der Waals surface area contributed by atoms with Crippen LogP contribution in [0.4, 0.5) is 0 Å². The fraction of sp³-hybridized carbons (Fsp3) is 0.235. The summed E-state index contributed by atoms with van der Waals surface area (Å²) in [5, 5.41) is 0.580. The second-order valence-electron chi connectivity index (χ2n) is 4.97. The Balaban J connectivity index is 1.81. The van der Waals surface area contributed by atoms with Gasteiger partial charge in [0, 0.05) is 11.4 Å². The van der Waals surface area contributed by atoms with Crippen molar-refractivity contribution in [2.24, 2.45) is 0 Å². The third-order valence-electron chi connectivity index (χ3n) is 3.46. The van der Waals surface area contributed by atoms with Crippen LogP contribution in [0.15, 0.2) is 42.5 Å². The van der Waals surface area contributed by atoms with Crippen molar-refractivity contribution in [1.82, 2.24) is 0 Å². The van der Waals surface area contributed by atoms with Crippen molar-refractivity contribution < 1.29 is 14.3 Å². The molecule has 3 rings (SSSR count). The summed E-state index contributed by atoms with van der Waals surface area (Å²) in [4.78, 5) is 12.6. The predicted molar refractivity (Wildman–Crippen MR) is 81.5 cm³/mol. The summed E-state index contributed by atoms with van der Waals surface area (Å²) in [6, 6.07) is 12.7. The van der Waals surface area contributed by atoms with Gasteiger partial charge in [0.15, 0.2) is 6.10 Å². The Morgan fingerprint density at radius 2 is 2.10 bits per heavy atom. The molecule has 1 heterocycles. The molecule has 0 amide bonds. The number of Topliss-reactive ketones (excluding diaryl/α,β-unsaturated/α-hetero) is 1. The Hall–Kier alpha value is -2.00. The van der Waals surface area contributed by atoms with Crippen LogP contribution >= 0.6 is 11.6 Å². The van der Waals surface area contributed by atoms with Gasteiger partial charge in [-0.1, -0.05) is 29.8 Å². The van der Waals surface area contributed by atoms with E-state index in [2.05, 4.69) is 0 Å². The van der Waals surface area contributed by atoms with Gasteiger partial charge >= 0.3 is 0 Å². The molecule has 0 N–H and O–H groups in total. The molecule has 0 saturated carbocycles. The number of para-hydroxylation sites is 1. The van der Waals surface area contributed by atoms with Crippen LogP contribution in [-0.4, -0.2) is 18.5 Å². The van der Waals surface area contributed by atoms with Crippen molar-refractivity contribution >= 4 is 17.4 Å². The van der Waals surface area contributed by atoms with Crippen LogP contribution in [0.5, 0.6) is 11.5 Å². The Morgan fingerprint density at radius 1 is 1.29 bits per heavy atom. The fourth-order valence-electron chi connectivity index (χ4n) is 2.43. The summed E-state index contributed by atoms with van der Waals surface area (Å²) in [5.74, 6) is 1.19. The third-order valence-corrected chi connectivity index (χ3v) is 3.69. The average Bonchev–Trinajstić information content (AvgIpc) is 2.94. The van der Waals surface area contributed by atoms with E-state index in [9.17, 15) is 4.79 Å². The van der Waals surface area contributed by atoms with Gasteiger partial charge in [-0.3, -0.25) is 4.79 Å². The Labute approximate surface area is 128 Å². The lowest BCUT2D eigenvalue weighted by Gasteiger charge is -2.15. The van der Waals surface area contributed by atoms with Crippen LogP contribution in [0.25, 0.3) is 0 Å². The maximum atomic E-state index is 12.6. The van der Waals surface area contributed by atoms with E-state index in [0.29, 0.717) is 28.7 Å². The summed E-state index contributed by atoms with van der Waals surface area (Å²) in [5.41, 5.74) is 1.66. The maximum absolute atomic E-state index is 12.6. The van der Waals surface area contributed by atoms with E-state index in [1.807, 2.05) is 12.1 Å². The van der Waals surface area contributed by atoms with Crippen molar-refractivity contribution in [2.75, 3.05) is 6.61 Å². The zero-order valence-electron chi connectivity index (χ0n) is 11.6. The molecule has 4 heteroatoms. The Bertz CT molecular complexity index is 681. The number of fused-ring (bicyclic) bond motifs is 1. The zero-order valence-corrected chi connectivity index (χ0v) is 12.4. The lowest BCUT2D eigenvalue weighted by Crippen LogP contribution is -2.24. The van der Waals surface area contributed by atoms with E-state index in [-0.39, 0.29) is 5.78 Å². The monoisotopic (exact) mass is 302 g/mol. The van der Waals surface area contributed by atoms with Gasteiger partial charge in [-0.2, -0.15) is 0 Å². The second-order valence-corrected chi connectivity index (χ2v) is 5.41. The van der Waals surface area contributed by atoms with E-state index in [1.165, 1.54) is 0 Å². The minimum Gasteiger partial charge on any atom is -0.492 e. The molecular weight excluding hydrogens is 288 g/mol. The first kappa shape index (κ1) is 14.0. The number of ether oxygens (including phenoxy) is 2. The minimum atomic E-state index is -0.598. The summed E-state index contributed by atoms with van der Waals surface area (Å²) >= 11 is 5.92. The van der Waals surface area contributed by atoms with Crippen molar-refractivity contribution in [3.63, 3.8) is 0 Å². The topological polar surface area (TPSA) is 35.5 Å². The molecule has 1 aliphatic rings. The molecule has 1 unspecified atom stereocenters. The molecule has 1 aliphatic heterocycles. The van der Waals surface area contributed by atoms with E-state index >= 15 is 0 Å². The molecule has 0 radical (unpaired) electrons. The number of carbonyl (C=O) groups excluding carboxylic acids is 1. The molecule has 0 aliphatic carbocycles. The lowest BCUT2D eigenvalue weighted by molar-refractivity contribution is 0.0815. The number of ketones is 1. The molecule has 0 spiro atoms. The third kappa shape index (κ3) is 2.88. The van der Waals surface area contributed by atoms with Crippen LogP contribution < -0.4 is 9.47 Å². The second kappa shape index (κ2) is 5.78. The van der Waals surface area contributed by atoms with Crippen molar-refractivity contribution in [2.45, 2.75) is 19.4 Å². The highest BCUT2D eigenvalue weighted by atomic mass is 35.5. The molecule has 3 nitrogen and oxygen atoms in total. The van der Waals surface area contributed by atoms with Crippen LogP contribution in [0.2, 0.25) is 5.02 Å². The molecular formula is C17H15ClO3. The van der Waals surface area contributed by atoms with E-state index in [1.54, 1.807) is 37.3 Å². The number of hydrogen-bond acceptors (Lipinski definition) is 3. The fourth-order valence-corrected chi connectivity index (χ4v) is 2.61. The zero-order chi connectivity index (χ0) is 14.8. The van der Waals surface area contributed by atoms with E-state index < -0.39 is 6.10 Å². The summed E-state index contributed by atoms with van der Waals surface area (Å²) in [7, 11) is 0. The van der Waals surface area contributed by atoms with Gasteiger partial charge in [0.1, 0.15) is 11.5 Å². The molecule has 0 saturated heterocycles. The first-order valence-corrected chi connectivity index (χ1v) is 7.24. The molecule has 2 aromatic rings. The standard InChI is InChI=1S/C17H15ClO3/c1-11(21-14-6-3-5-13(18)10-14)16(19)15-7-2-4-12-8-9-20-17(12)15/h2-7,10-11H,8-9H2,1H3. The predicted octanol–water partition coefficient (Wildman–Crippen LogP) is 3.93. The van der Waals surface area contributed by atoms with Gasteiger partial charge in [-0.15, -0.1) is 0 Å².